The fraction of sp³-hybridized carbons (Fsp3) is 0.111. The molecular weight excluding hydrogens is 314 g/mol. The van der Waals surface area contributed by atoms with E-state index in [-0.39, 0.29) is 5.78 Å². The molecule has 0 heterocycles. The minimum absolute atomic E-state index is 0.224. The lowest BCUT2D eigenvalue weighted by atomic mass is 10.1. The molecular formula is C18H16ClNO3. The van der Waals surface area contributed by atoms with Gasteiger partial charge in [0.15, 0.2) is 5.78 Å². The Labute approximate surface area is 139 Å². The van der Waals surface area contributed by atoms with E-state index < -0.39 is 12.0 Å². The monoisotopic (exact) mass is 329 g/mol. The summed E-state index contributed by atoms with van der Waals surface area (Å²) >= 11 is 5.77. The second-order valence-electron chi connectivity index (χ2n) is 4.95. The number of hydrogen-bond acceptors (Lipinski definition) is 3. The van der Waals surface area contributed by atoms with Crippen molar-refractivity contribution in [2.75, 3.05) is 0 Å². The summed E-state index contributed by atoms with van der Waals surface area (Å²) in [5.74, 6) is -1.20. The molecule has 2 rings (SSSR count). The van der Waals surface area contributed by atoms with E-state index in [0.717, 1.165) is 5.56 Å². The molecule has 0 amide bonds. The Morgan fingerprint density at radius 2 is 1.74 bits per heavy atom. The molecule has 0 bridgehead atoms. The van der Waals surface area contributed by atoms with E-state index in [2.05, 4.69) is 5.32 Å². The highest BCUT2D eigenvalue weighted by molar-refractivity contribution is 6.30. The van der Waals surface area contributed by atoms with Gasteiger partial charge in [-0.3, -0.25) is 4.79 Å². The number of carboxylic acid groups (broad SMARTS) is 1. The van der Waals surface area contributed by atoms with Crippen molar-refractivity contribution in [3.8, 4) is 0 Å². The lowest BCUT2D eigenvalue weighted by Gasteiger charge is -2.12. The van der Waals surface area contributed by atoms with Crippen LogP contribution in [0.4, 0.5) is 0 Å². The highest BCUT2D eigenvalue weighted by Crippen LogP contribution is 2.10. The van der Waals surface area contributed by atoms with E-state index in [0.29, 0.717) is 17.0 Å². The van der Waals surface area contributed by atoms with Crippen molar-refractivity contribution in [3.05, 3.63) is 83.0 Å². The van der Waals surface area contributed by atoms with Crippen molar-refractivity contribution in [3.63, 3.8) is 0 Å². The molecule has 0 fully saturated rings. The number of ketones is 1. The van der Waals surface area contributed by atoms with Crippen molar-refractivity contribution in [2.45, 2.75) is 12.5 Å². The van der Waals surface area contributed by atoms with Gasteiger partial charge in [0, 0.05) is 29.3 Å². The zero-order chi connectivity index (χ0) is 16.7. The largest absolute Gasteiger partial charge is 0.480 e. The Morgan fingerprint density at radius 3 is 2.35 bits per heavy atom. The number of aliphatic carboxylic acids is 1. The molecule has 4 nitrogen and oxygen atoms in total. The van der Waals surface area contributed by atoms with Gasteiger partial charge in [-0.25, -0.2) is 4.79 Å². The van der Waals surface area contributed by atoms with E-state index >= 15 is 0 Å². The maximum Gasteiger partial charge on any atom is 0.326 e. The summed E-state index contributed by atoms with van der Waals surface area (Å²) in [7, 11) is 0. The molecule has 0 aliphatic heterocycles. The first kappa shape index (κ1) is 16.8. The molecule has 2 aromatic rings. The zero-order valence-electron chi connectivity index (χ0n) is 12.3. The topological polar surface area (TPSA) is 66.4 Å². The van der Waals surface area contributed by atoms with Crippen molar-refractivity contribution in [1.29, 1.82) is 0 Å². The summed E-state index contributed by atoms with van der Waals surface area (Å²) in [6.07, 6.45) is 3.01. The van der Waals surface area contributed by atoms with E-state index in [9.17, 15) is 14.7 Å². The first-order valence-corrected chi connectivity index (χ1v) is 7.43. The molecule has 0 aromatic heterocycles. The SMILES string of the molecule is O=C(/C=C\N[C@H](Cc1ccccc1)C(=O)O)c1ccc(Cl)cc1. The quantitative estimate of drug-likeness (QED) is 0.604. The van der Waals surface area contributed by atoms with Crippen molar-refractivity contribution >= 4 is 23.4 Å². The number of benzene rings is 2. The summed E-state index contributed by atoms with van der Waals surface area (Å²) in [5.41, 5.74) is 1.40. The number of rotatable bonds is 7. The van der Waals surface area contributed by atoms with Gasteiger partial charge in [-0.05, 0) is 29.8 Å². The van der Waals surface area contributed by atoms with Crippen LogP contribution in [0.25, 0.3) is 0 Å². The maximum atomic E-state index is 11.9. The van der Waals surface area contributed by atoms with Crippen LogP contribution in [0.1, 0.15) is 15.9 Å². The van der Waals surface area contributed by atoms with Crippen LogP contribution in [-0.2, 0) is 11.2 Å². The number of carbonyl (C=O) groups excluding carboxylic acids is 1. The number of halogens is 1. The lowest BCUT2D eigenvalue weighted by Crippen LogP contribution is -2.35. The van der Waals surface area contributed by atoms with Gasteiger partial charge in [-0.15, -0.1) is 0 Å². The first-order chi connectivity index (χ1) is 11.1. The van der Waals surface area contributed by atoms with Crippen LogP contribution in [0.3, 0.4) is 0 Å². The number of carbonyl (C=O) groups is 2. The minimum Gasteiger partial charge on any atom is -0.480 e. The summed E-state index contributed by atoms with van der Waals surface area (Å²) in [6.45, 7) is 0. The van der Waals surface area contributed by atoms with Crippen LogP contribution >= 0.6 is 11.6 Å². The number of hydrogen-bond donors (Lipinski definition) is 2. The lowest BCUT2D eigenvalue weighted by molar-refractivity contribution is -0.139. The highest BCUT2D eigenvalue weighted by atomic mass is 35.5. The maximum absolute atomic E-state index is 11.9. The third-order valence-corrected chi connectivity index (χ3v) is 3.49. The van der Waals surface area contributed by atoms with Crippen LogP contribution in [-0.4, -0.2) is 22.9 Å². The van der Waals surface area contributed by atoms with Gasteiger partial charge in [0.1, 0.15) is 6.04 Å². The first-order valence-electron chi connectivity index (χ1n) is 7.05. The van der Waals surface area contributed by atoms with Gasteiger partial charge < -0.3 is 10.4 Å². The zero-order valence-corrected chi connectivity index (χ0v) is 13.0. The summed E-state index contributed by atoms with van der Waals surface area (Å²) < 4.78 is 0. The van der Waals surface area contributed by atoms with Crippen molar-refractivity contribution < 1.29 is 14.7 Å². The smallest absolute Gasteiger partial charge is 0.326 e. The summed E-state index contributed by atoms with van der Waals surface area (Å²) in [4.78, 5) is 23.2. The number of carboxylic acids is 1. The van der Waals surface area contributed by atoms with Gasteiger partial charge in [-0.2, -0.15) is 0 Å². The molecule has 1 atom stereocenters. The van der Waals surface area contributed by atoms with Crippen LogP contribution in [0.2, 0.25) is 5.02 Å². The predicted molar refractivity (Wildman–Crippen MR) is 89.6 cm³/mol. The molecule has 2 N–H and O–H groups in total. The molecule has 0 radical (unpaired) electrons. The third kappa shape index (κ3) is 5.27. The average molecular weight is 330 g/mol. The molecule has 2 aromatic carbocycles. The Bertz CT molecular complexity index is 696. The third-order valence-electron chi connectivity index (χ3n) is 3.24. The standard InChI is InChI=1S/C18H16ClNO3/c19-15-8-6-14(7-9-15)17(21)10-11-20-16(18(22)23)12-13-4-2-1-3-5-13/h1-11,16,20H,12H2,(H,22,23)/b11-10-/t16-/m1/s1. The van der Waals surface area contributed by atoms with Gasteiger partial charge in [0.05, 0.1) is 0 Å². The van der Waals surface area contributed by atoms with E-state index in [1.54, 1.807) is 24.3 Å². The van der Waals surface area contributed by atoms with Gasteiger partial charge in [-0.1, -0.05) is 41.9 Å². The van der Waals surface area contributed by atoms with E-state index in [1.165, 1.54) is 12.3 Å². The molecule has 0 spiro atoms. The molecule has 0 aliphatic carbocycles. The molecule has 5 heteroatoms. The number of nitrogens with one attached hydrogen (secondary N) is 1. The molecule has 0 saturated heterocycles. The van der Waals surface area contributed by atoms with Crippen molar-refractivity contribution in [2.24, 2.45) is 0 Å². The van der Waals surface area contributed by atoms with Gasteiger partial charge >= 0.3 is 5.97 Å². The molecule has 0 unspecified atom stereocenters. The normalized spacial score (nSPS) is 12.0. The molecule has 118 valence electrons. The Morgan fingerprint density at radius 1 is 1.09 bits per heavy atom. The van der Waals surface area contributed by atoms with E-state index in [1.807, 2.05) is 30.3 Å². The molecule has 0 saturated carbocycles. The fourth-order valence-corrected chi connectivity index (χ4v) is 2.14. The van der Waals surface area contributed by atoms with Crippen LogP contribution in [0, 0.1) is 0 Å². The highest BCUT2D eigenvalue weighted by Gasteiger charge is 2.15. The van der Waals surface area contributed by atoms with Crippen molar-refractivity contribution in [1.82, 2.24) is 5.32 Å². The second-order valence-corrected chi connectivity index (χ2v) is 5.39. The van der Waals surface area contributed by atoms with Crippen LogP contribution in [0.15, 0.2) is 66.9 Å². The van der Waals surface area contributed by atoms with Crippen LogP contribution in [0.5, 0.6) is 0 Å². The minimum atomic E-state index is -0.975. The Hall–Kier alpha value is -2.59. The van der Waals surface area contributed by atoms with Gasteiger partial charge in [0.25, 0.3) is 0 Å². The fourth-order valence-electron chi connectivity index (χ4n) is 2.02. The Kier molecular flexibility index (Phi) is 5.94. The summed E-state index contributed by atoms with van der Waals surface area (Å²) in [6, 6.07) is 15.0. The predicted octanol–water partition coefficient (Wildman–Crippen LogP) is 3.32. The molecule has 23 heavy (non-hydrogen) atoms. The van der Waals surface area contributed by atoms with Gasteiger partial charge in [0.2, 0.25) is 0 Å². The van der Waals surface area contributed by atoms with Crippen LogP contribution < -0.4 is 5.32 Å². The number of allylic oxidation sites excluding steroid dienone is 1. The molecule has 0 aliphatic rings. The Balaban J connectivity index is 1.96. The van der Waals surface area contributed by atoms with E-state index in [4.69, 9.17) is 11.6 Å². The summed E-state index contributed by atoms with van der Waals surface area (Å²) in [5, 5.41) is 12.6. The average Bonchev–Trinajstić information content (AvgIpc) is 2.55. The second kappa shape index (κ2) is 8.15.